The number of hydrogen-bond acceptors (Lipinski definition) is 5. The number of piperazine rings is 1. The molecule has 5 nitrogen and oxygen atoms in total. The molecule has 0 aliphatic carbocycles. The summed E-state index contributed by atoms with van der Waals surface area (Å²) in [4.78, 5) is 16.4. The third kappa shape index (κ3) is 3.52. The predicted octanol–water partition coefficient (Wildman–Crippen LogP) is 2.85. The first-order valence-electron chi connectivity index (χ1n) is 9.05. The van der Waals surface area contributed by atoms with Crippen LogP contribution in [0.25, 0.3) is 0 Å². The quantitative estimate of drug-likeness (QED) is 0.858. The zero-order valence-electron chi connectivity index (χ0n) is 14.7. The summed E-state index contributed by atoms with van der Waals surface area (Å²) in [5.74, 6) is 1.70. The Bertz CT molecular complexity index is 719. The number of aromatic nitrogens is 2. The number of anilines is 3. The summed E-state index contributed by atoms with van der Waals surface area (Å²) in [5, 5.41) is 0. The Labute approximate surface area is 148 Å². The van der Waals surface area contributed by atoms with Gasteiger partial charge in [0.1, 0.15) is 11.6 Å². The molecule has 0 spiro atoms. The van der Waals surface area contributed by atoms with E-state index in [1.54, 1.807) is 0 Å². The molecule has 0 bridgehead atoms. The fourth-order valence-corrected chi connectivity index (χ4v) is 3.60. The van der Waals surface area contributed by atoms with E-state index < -0.39 is 0 Å². The molecule has 4 rings (SSSR count). The summed E-state index contributed by atoms with van der Waals surface area (Å²) in [7, 11) is 0. The Morgan fingerprint density at radius 2 is 1.44 bits per heavy atom. The largest absolute Gasteiger partial charge is 0.368 e. The van der Waals surface area contributed by atoms with E-state index in [-0.39, 0.29) is 5.82 Å². The van der Waals surface area contributed by atoms with Gasteiger partial charge in [0.25, 0.3) is 0 Å². The number of aryl methyl sites for hydroxylation is 1. The minimum absolute atomic E-state index is 0.187. The first-order chi connectivity index (χ1) is 12.2. The van der Waals surface area contributed by atoms with Crippen molar-refractivity contribution in [3.63, 3.8) is 0 Å². The van der Waals surface area contributed by atoms with Crippen molar-refractivity contribution in [1.29, 1.82) is 0 Å². The van der Waals surface area contributed by atoms with Crippen LogP contribution in [-0.4, -0.2) is 49.2 Å². The highest BCUT2D eigenvalue weighted by Gasteiger charge is 2.21. The van der Waals surface area contributed by atoms with Crippen LogP contribution in [-0.2, 0) is 0 Å². The van der Waals surface area contributed by atoms with Gasteiger partial charge in [-0.3, -0.25) is 0 Å². The molecule has 2 saturated heterocycles. The summed E-state index contributed by atoms with van der Waals surface area (Å²) in [6, 6.07) is 8.83. The van der Waals surface area contributed by atoms with Crippen molar-refractivity contribution in [3.05, 3.63) is 41.8 Å². The second kappa shape index (κ2) is 6.86. The van der Waals surface area contributed by atoms with Crippen LogP contribution >= 0.6 is 0 Å². The van der Waals surface area contributed by atoms with Crippen LogP contribution in [0, 0.1) is 12.7 Å². The highest BCUT2D eigenvalue weighted by Crippen LogP contribution is 2.23. The van der Waals surface area contributed by atoms with E-state index in [9.17, 15) is 4.39 Å². The fourth-order valence-electron chi connectivity index (χ4n) is 3.60. The highest BCUT2D eigenvalue weighted by molar-refractivity contribution is 5.51. The van der Waals surface area contributed by atoms with Crippen molar-refractivity contribution in [1.82, 2.24) is 9.97 Å². The lowest BCUT2D eigenvalue weighted by Crippen LogP contribution is -2.47. The third-order valence-corrected chi connectivity index (χ3v) is 5.01. The van der Waals surface area contributed by atoms with Gasteiger partial charge in [0.2, 0.25) is 5.95 Å². The van der Waals surface area contributed by atoms with Gasteiger partial charge < -0.3 is 14.7 Å². The lowest BCUT2D eigenvalue weighted by molar-refractivity contribution is 0.624. The van der Waals surface area contributed by atoms with Crippen LogP contribution in [0.1, 0.15) is 18.5 Å². The van der Waals surface area contributed by atoms with Gasteiger partial charge in [-0.15, -0.1) is 0 Å². The van der Waals surface area contributed by atoms with Gasteiger partial charge in [0.15, 0.2) is 0 Å². The summed E-state index contributed by atoms with van der Waals surface area (Å²) < 4.78 is 13.1. The zero-order chi connectivity index (χ0) is 17.2. The molecule has 0 atom stereocenters. The maximum Gasteiger partial charge on any atom is 0.227 e. The van der Waals surface area contributed by atoms with E-state index in [4.69, 9.17) is 4.98 Å². The van der Waals surface area contributed by atoms with Gasteiger partial charge in [-0.05, 0) is 44.0 Å². The maximum atomic E-state index is 13.1. The van der Waals surface area contributed by atoms with Crippen molar-refractivity contribution < 1.29 is 4.39 Å². The Morgan fingerprint density at radius 1 is 0.800 bits per heavy atom. The number of rotatable bonds is 3. The minimum Gasteiger partial charge on any atom is -0.368 e. The third-order valence-electron chi connectivity index (χ3n) is 5.01. The molecule has 2 aromatic rings. The monoisotopic (exact) mass is 341 g/mol. The predicted molar refractivity (Wildman–Crippen MR) is 99.0 cm³/mol. The first kappa shape index (κ1) is 16.1. The molecule has 0 unspecified atom stereocenters. The molecule has 2 aliphatic rings. The molecule has 132 valence electrons. The van der Waals surface area contributed by atoms with Crippen molar-refractivity contribution in [2.24, 2.45) is 0 Å². The van der Waals surface area contributed by atoms with Crippen molar-refractivity contribution in [3.8, 4) is 0 Å². The van der Waals surface area contributed by atoms with E-state index >= 15 is 0 Å². The Morgan fingerprint density at radius 3 is 2.12 bits per heavy atom. The fraction of sp³-hybridized carbons (Fsp3) is 0.474. The Kier molecular flexibility index (Phi) is 4.42. The van der Waals surface area contributed by atoms with Crippen LogP contribution in [0.4, 0.5) is 21.8 Å². The molecular formula is C19H24FN5. The van der Waals surface area contributed by atoms with Crippen molar-refractivity contribution in [2.75, 3.05) is 54.0 Å². The highest BCUT2D eigenvalue weighted by atomic mass is 19.1. The van der Waals surface area contributed by atoms with Gasteiger partial charge >= 0.3 is 0 Å². The van der Waals surface area contributed by atoms with Gasteiger partial charge in [-0.25, -0.2) is 9.37 Å². The molecule has 0 N–H and O–H groups in total. The molecule has 0 saturated carbocycles. The van der Waals surface area contributed by atoms with Crippen molar-refractivity contribution in [2.45, 2.75) is 19.8 Å². The number of nitrogens with zero attached hydrogens (tertiary/aromatic N) is 5. The molecule has 0 amide bonds. The summed E-state index contributed by atoms with van der Waals surface area (Å²) in [5.41, 5.74) is 2.10. The second-order valence-electron chi connectivity index (χ2n) is 6.81. The number of hydrogen-bond donors (Lipinski definition) is 0. The van der Waals surface area contributed by atoms with Gasteiger partial charge in [0, 0.05) is 56.7 Å². The lowest BCUT2D eigenvalue weighted by Gasteiger charge is -2.37. The SMILES string of the molecule is Cc1cc(N2CCN(c3ccc(F)cc3)CC2)nc(N2CCCC2)n1. The first-order valence-corrected chi connectivity index (χ1v) is 9.05. The van der Waals surface area contributed by atoms with E-state index in [2.05, 4.69) is 25.8 Å². The van der Waals surface area contributed by atoms with Gasteiger partial charge in [-0.1, -0.05) is 0 Å². The van der Waals surface area contributed by atoms with Crippen molar-refractivity contribution >= 4 is 17.5 Å². The molecule has 25 heavy (non-hydrogen) atoms. The van der Waals surface area contributed by atoms with Crippen LogP contribution in [0.5, 0.6) is 0 Å². The topological polar surface area (TPSA) is 35.5 Å². The Hall–Kier alpha value is -2.37. The van der Waals surface area contributed by atoms with E-state index in [0.717, 1.165) is 62.4 Å². The molecule has 2 aliphatic heterocycles. The average Bonchev–Trinajstić information content (AvgIpc) is 3.17. The molecule has 1 aromatic carbocycles. The normalized spacial score (nSPS) is 18.1. The lowest BCUT2D eigenvalue weighted by atomic mass is 10.2. The summed E-state index contributed by atoms with van der Waals surface area (Å²) in [6.45, 7) is 7.80. The van der Waals surface area contributed by atoms with Crippen LogP contribution in [0.3, 0.4) is 0 Å². The zero-order valence-corrected chi connectivity index (χ0v) is 14.7. The second-order valence-corrected chi connectivity index (χ2v) is 6.81. The van der Waals surface area contributed by atoms with Crippen LogP contribution in [0.15, 0.2) is 30.3 Å². The summed E-state index contributed by atoms with van der Waals surface area (Å²) >= 11 is 0. The number of benzene rings is 1. The smallest absolute Gasteiger partial charge is 0.227 e. The standard InChI is InChI=1S/C19H24FN5/c1-15-14-18(22-19(21-15)25-8-2-3-9-25)24-12-10-23(11-13-24)17-6-4-16(20)5-7-17/h4-7,14H,2-3,8-13H2,1H3. The molecule has 2 fully saturated rings. The van der Waals surface area contributed by atoms with E-state index in [1.165, 1.54) is 25.0 Å². The maximum absolute atomic E-state index is 13.1. The average molecular weight is 341 g/mol. The molecular weight excluding hydrogens is 317 g/mol. The summed E-state index contributed by atoms with van der Waals surface area (Å²) in [6.07, 6.45) is 2.45. The number of halogens is 1. The van der Waals surface area contributed by atoms with Gasteiger partial charge in [0.05, 0.1) is 0 Å². The minimum atomic E-state index is -0.187. The van der Waals surface area contributed by atoms with E-state index in [0.29, 0.717) is 0 Å². The van der Waals surface area contributed by atoms with Crippen LogP contribution in [0.2, 0.25) is 0 Å². The Balaban J connectivity index is 1.46. The molecule has 3 heterocycles. The molecule has 1 aromatic heterocycles. The molecule has 0 radical (unpaired) electrons. The molecule has 6 heteroatoms. The van der Waals surface area contributed by atoms with E-state index in [1.807, 2.05) is 19.1 Å². The van der Waals surface area contributed by atoms with Crippen LogP contribution < -0.4 is 14.7 Å². The van der Waals surface area contributed by atoms with Gasteiger partial charge in [-0.2, -0.15) is 4.98 Å².